The summed E-state index contributed by atoms with van der Waals surface area (Å²) in [5.74, 6) is 1.28. The van der Waals surface area contributed by atoms with Gasteiger partial charge >= 0.3 is 0 Å². The third-order valence-corrected chi connectivity index (χ3v) is 6.01. The maximum Gasteiger partial charge on any atom is 0.273 e. The zero-order chi connectivity index (χ0) is 22.3. The van der Waals surface area contributed by atoms with E-state index in [4.69, 9.17) is 4.74 Å². The number of aromatic hydroxyl groups is 1. The molecule has 0 spiro atoms. The van der Waals surface area contributed by atoms with Gasteiger partial charge in [0.2, 0.25) is 23.7 Å². The summed E-state index contributed by atoms with van der Waals surface area (Å²) in [6, 6.07) is 11.2. The second-order valence-corrected chi connectivity index (χ2v) is 8.07. The highest BCUT2D eigenvalue weighted by Crippen LogP contribution is 2.33. The molecule has 6 heteroatoms. The fourth-order valence-electron chi connectivity index (χ4n) is 4.64. The van der Waals surface area contributed by atoms with Crippen molar-refractivity contribution in [3.8, 4) is 11.5 Å². The Morgan fingerprint density at radius 3 is 2.39 bits per heavy atom. The van der Waals surface area contributed by atoms with Gasteiger partial charge in [0.05, 0.1) is 19.7 Å². The van der Waals surface area contributed by atoms with E-state index < -0.39 is 12.1 Å². The first-order valence-corrected chi connectivity index (χ1v) is 10.5. The molecule has 4 rings (SSSR count). The molecule has 0 saturated carbocycles. The van der Waals surface area contributed by atoms with Gasteiger partial charge in [0.1, 0.15) is 0 Å². The highest BCUT2D eigenvalue weighted by molar-refractivity contribution is 6.20. The van der Waals surface area contributed by atoms with Crippen LogP contribution in [0.2, 0.25) is 0 Å². The number of ketones is 2. The Morgan fingerprint density at radius 2 is 1.77 bits per heavy atom. The average Bonchev–Trinajstić information content (AvgIpc) is 3.11. The molecule has 1 N–H and O–H groups in total. The molecule has 1 aliphatic carbocycles. The van der Waals surface area contributed by atoms with Crippen molar-refractivity contribution in [1.82, 2.24) is 4.90 Å². The van der Waals surface area contributed by atoms with Crippen molar-refractivity contribution in [3.63, 3.8) is 0 Å². The first-order valence-electron chi connectivity index (χ1n) is 10.5. The lowest BCUT2D eigenvalue weighted by Crippen LogP contribution is -2.54. The third kappa shape index (κ3) is 3.32. The predicted octanol–water partition coefficient (Wildman–Crippen LogP) is 3.39. The Morgan fingerprint density at radius 1 is 1.10 bits per heavy atom. The number of likely N-dealkylation sites (N-methyl/N-ethyl adjacent to an activating group) is 1. The molecule has 2 aromatic rings. The summed E-state index contributed by atoms with van der Waals surface area (Å²) in [7, 11) is 1.51. The molecule has 0 aromatic heterocycles. The van der Waals surface area contributed by atoms with E-state index in [1.54, 1.807) is 42.5 Å². The molecular weight excluding hydrogens is 392 g/mol. The van der Waals surface area contributed by atoms with Crippen LogP contribution in [0.3, 0.4) is 0 Å². The van der Waals surface area contributed by atoms with E-state index in [0.29, 0.717) is 23.4 Å². The van der Waals surface area contributed by atoms with Crippen LogP contribution in [0.1, 0.15) is 47.1 Å². The molecule has 2 aliphatic rings. The highest BCUT2D eigenvalue weighted by atomic mass is 16.5. The minimum Gasteiger partial charge on any atom is -0.504 e. The van der Waals surface area contributed by atoms with E-state index >= 15 is 0 Å². The number of phenolic OH excluding ortho intramolecular Hbond substituents is 1. The van der Waals surface area contributed by atoms with Crippen molar-refractivity contribution >= 4 is 23.5 Å². The molecule has 160 valence electrons. The number of rotatable bonds is 5. The number of ether oxygens (including phenoxy) is 1. The normalized spacial score (nSPS) is 20.6. The Balaban J connectivity index is 1.81. The quantitative estimate of drug-likeness (QED) is 0.753. The van der Waals surface area contributed by atoms with Crippen LogP contribution < -0.4 is 4.74 Å². The molecular formula is C25H27N2O4+. The van der Waals surface area contributed by atoms with Gasteiger partial charge in [0.25, 0.3) is 5.84 Å². The van der Waals surface area contributed by atoms with E-state index in [1.807, 2.05) is 37.5 Å². The predicted molar refractivity (Wildman–Crippen MR) is 119 cm³/mol. The largest absolute Gasteiger partial charge is 0.504 e. The number of carbonyl (C=O) groups is 2. The summed E-state index contributed by atoms with van der Waals surface area (Å²) in [5.41, 5.74) is 1.85. The van der Waals surface area contributed by atoms with Crippen LogP contribution in [-0.4, -0.2) is 63.8 Å². The average molecular weight is 420 g/mol. The van der Waals surface area contributed by atoms with Gasteiger partial charge in [0, 0.05) is 17.2 Å². The van der Waals surface area contributed by atoms with Gasteiger partial charge in [-0.2, -0.15) is 0 Å². The second kappa shape index (κ2) is 8.02. The Hall–Kier alpha value is -3.41. The lowest BCUT2D eigenvalue weighted by atomic mass is 9.82. The Labute approximate surface area is 182 Å². The maximum absolute atomic E-state index is 13.5. The fourth-order valence-corrected chi connectivity index (χ4v) is 4.64. The standard InChI is InChI=1S/C25H26N2O4/c1-5-26-21(13-11-16-10-12-19(28)20(14-16)31-4)27(15(2)3)23-22(26)24(29)17-8-6-7-9-18(17)25(23)30/h6-15,22-23H,5H2,1-4H3/p+1. The Bertz CT molecular complexity index is 1120. The van der Waals surface area contributed by atoms with Crippen molar-refractivity contribution in [1.29, 1.82) is 0 Å². The van der Waals surface area contributed by atoms with Crippen molar-refractivity contribution < 1.29 is 24.0 Å². The topological polar surface area (TPSA) is 69.8 Å². The van der Waals surface area contributed by atoms with E-state index in [-0.39, 0.29) is 23.4 Å². The monoisotopic (exact) mass is 419 g/mol. The highest BCUT2D eigenvalue weighted by Gasteiger charge is 2.58. The number of Topliss-reactive ketones (excluding diaryl/α,β-unsaturated/α-hetero) is 2. The molecule has 0 amide bonds. The minimum atomic E-state index is -0.545. The van der Waals surface area contributed by atoms with Gasteiger partial charge in [-0.25, -0.2) is 9.48 Å². The number of hydrogen-bond acceptors (Lipinski definition) is 5. The lowest BCUT2D eigenvalue weighted by Gasteiger charge is -2.28. The first-order chi connectivity index (χ1) is 14.9. The number of amidine groups is 1. The molecule has 0 saturated heterocycles. The number of methoxy groups -OCH3 is 1. The number of carbonyl (C=O) groups excluding carboxylic acids is 2. The van der Waals surface area contributed by atoms with Crippen LogP contribution in [0.5, 0.6) is 11.5 Å². The van der Waals surface area contributed by atoms with Gasteiger partial charge in [0.15, 0.2) is 11.5 Å². The Kier molecular flexibility index (Phi) is 5.39. The van der Waals surface area contributed by atoms with E-state index in [0.717, 1.165) is 11.4 Å². The number of nitrogens with zero attached hydrogens (tertiary/aromatic N) is 2. The third-order valence-electron chi connectivity index (χ3n) is 6.01. The van der Waals surface area contributed by atoms with E-state index in [2.05, 4.69) is 4.90 Å². The van der Waals surface area contributed by atoms with Crippen molar-refractivity contribution in [2.24, 2.45) is 0 Å². The van der Waals surface area contributed by atoms with Crippen LogP contribution in [0.4, 0.5) is 0 Å². The molecule has 1 heterocycles. The fraction of sp³-hybridized carbons (Fsp3) is 0.320. The summed E-state index contributed by atoms with van der Waals surface area (Å²) >= 11 is 0. The van der Waals surface area contributed by atoms with Crippen LogP contribution in [0.25, 0.3) is 6.08 Å². The van der Waals surface area contributed by atoms with Crippen molar-refractivity contribution in [2.45, 2.75) is 38.9 Å². The van der Waals surface area contributed by atoms with Gasteiger partial charge in [-0.1, -0.05) is 30.3 Å². The van der Waals surface area contributed by atoms with Gasteiger partial charge in [-0.3, -0.25) is 9.59 Å². The summed E-state index contributed by atoms with van der Waals surface area (Å²) in [6.45, 7) is 6.67. The van der Waals surface area contributed by atoms with Crippen LogP contribution >= 0.6 is 0 Å². The molecule has 1 aliphatic heterocycles. The number of benzene rings is 2. The zero-order valence-electron chi connectivity index (χ0n) is 18.2. The number of phenols is 1. The molecule has 0 fully saturated rings. The van der Waals surface area contributed by atoms with Crippen molar-refractivity contribution in [2.75, 3.05) is 13.7 Å². The summed E-state index contributed by atoms with van der Waals surface area (Å²) < 4.78 is 7.22. The van der Waals surface area contributed by atoms with Crippen LogP contribution in [-0.2, 0) is 0 Å². The van der Waals surface area contributed by atoms with Gasteiger partial charge in [-0.05, 0) is 44.5 Å². The van der Waals surface area contributed by atoms with E-state index in [9.17, 15) is 14.7 Å². The zero-order valence-corrected chi connectivity index (χ0v) is 18.2. The number of hydrogen-bond donors (Lipinski definition) is 1. The van der Waals surface area contributed by atoms with Crippen LogP contribution in [0, 0.1) is 0 Å². The molecule has 0 bridgehead atoms. The van der Waals surface area contributed by atoms with Crippen molar-refractivity contribution in [3.05, 3.63) is 65.2 Å². The molecule has 6 nitrogen and oxygen atoms in total. The molecule has 2 unspecified atom stereocenters. The van der Waals surface area contributed by atoms with Crippen LogP contribution in [0.15, 0.2) is 48.5 Å². The van der Waals surface area contributed by atoms with Gasteiger partial charge in [-0.15, -0.1) is 0 Å². The maximum atomic E-state index is 13.5. The molecule has 0 radical (unpaired) electrons. The molecule has 2 atom stereocenters. The van der Waals surface area contributed by atoms with E-state index in [1.165, 1.54) is 7.11 Å². The van der Waals surface area contributed by atoms with Gasteiger partial charge < -0.3 is 9.84 Å². The first kappa shape index (κ1) is 20.8. The smallest absolute Gasteiger partial charge is 0.273 e. The minimum absolute atomic E-state index is 0.0117. The molecule has 2 aromatic carbocycles. The number of fused-ring (bicyclic) bond motifs is 2. The summed E-state index contributed by atoms with van der Waals surface area (Å²) in [5, 5.41) is 9.85. The summed E-state index contributed by atoms with van der Waals surface area (Å²) in [6.07, 6.45) is 3.85. The lowest BCUT2D eigenvalue weighted by molar-refractivity contribution is -0.538. The SMILES string of the molecule is CC[N+]1=C(/C=C/c2ccc(O)c(OC)c2)N(C(C)C)C2C(=O)c3ccccc3C(=O)C21. The molecule has 31 heavy (non-hydrogen) atoms. The summed E-state index contributed by atoms with van der Waals surface area (Å²) in [4.78, 5) is 28.9. The second-order valence-electron chi connectivity index (χ2n) is 8.07.